The maximum Gasteiger partial charge on any atom is 4.00 e. The molecule has 0 aliphatic rings. The molecule has 0 aliphatic heterocycles. The first-order chi connectivity index (χ1) is 4.00. The Labute approximate surface area is 73.3 Å². The molecule has 0 aromatic heterocycles. The van der Waals surface area contributed by atoms with Crippen LogP contribution in [-0.2, 0) is 25.8 Å². The minimum Gasteiger partial charge on any atom is -0.512 e. The van der Waals surface area contributed by atoms with Gasteiger partial charge in [0.15, 0.2) is 0 Å². The molecule has 5 heteroatoms. The third-order valence-electron chi connectivity index (χ3n) is 0. The van der Waals surface area contributed by atoms with E-state index in [0.29, 0.717) is 0 Å². The van der Waals surface area contributed by atoms with E-state index in [2.05, 4.69) is 0 Å². The van der Waals surface area contributed by atoms with Crippen molar-refractivity contribution in [1.82, 2.24) is 0 Å². The first-order valence-corrected chi connectivity index (χ1v) is 0.894. The first-order valence-electron chi connectivity index (χ1n) is 0.894. The third kappa shape index (κ3) is 116. The molecule has 4 nitrogen and oxygen atoms in total. The summed E-state index contributed by atoms with van der Waals surface area (Å²) < 4.78 is 0. The second-order valence-electron chi connectivity index (χ2n) is 0. The van der Waals surface area contributed by atoms with Crippen molar-refractivity contribution in [3.05, 3.63) is 26.3 Å². The van der Waals surface area contributed by atoms with Crippen LogP contribution in [-0.4, -0.2) is 0 Å². The quantitative estimate of drug-likeness (QED) is 0.474. The van der Waals surface area contributed by atoms with E-state index in [1.807, 2.05) is 0 Å². The Bertz CT molecular complexity index is 55.5. The summed E-state index contributed by atoms with van der Waals surface area (Å²) in [6.45, 7) is 19.0. The van der Waals surface area contributed by atoms with Crippen LogP contribution in [0.2, 0.25) is 0 Å². The largest absolute Gasteiger partial charge is 4.00 e. The van der Waals surface area contributed by atoms with Crippen molar-refractivity contribution in [1.29, 1.82) is 21.0 Å². The van der Waals surface area contributed by atoms with Crippen LogP contribution in [0.1, 0.15) is 0 Å². The molecular weight excluding hydrogens is 283 g/mol. The molecule has 40 valence electrons. The van der Waals surface area contributed by atoms with E-state index in [-0.39, 0.29) is 25.8 Å². The van der Waals surface area contributed by atoms with E-state index in [1.54, 1.807) is 0 Å². The molecule has 0 aliphatic carbocycles. The standard InChI is InChI=1S/4CN.Hf/c4*1-2;/q4*-1;+4. The topological polar surface area (TPSA) is 95.2 Å². The van der Waals surface area contributed by atoms with E-state index in [4.69, 9.17) is 47.3 Å². The summed E-state index contributed by atoms with van der Waals surface area (Å²) in [4.78, 5) is 0. The summed E-state index contributed by atoms with van der Waals surface area (Å²) in [5, 5.41) is 25.0. The molecule has 0 radical (unpaired) electrons. The Kier molecular flexibility index (Phi) is 860. The molecule has 0 spiro atoms. The monoisotopic (exact) mass is 284 g/mol. The summed E-state index contributed by atoms with van der Waals surface area (Å²) in [6.07, 6.45) is 0. The molecule has 0 saturated carbocycles. The summed E-state index contributed by atoms with van der Waals surface area (Å²) in [6, 6.07) is 0. The van der Waals surface area contributed by atoms with Crippen molar-refractivity contribution in [2.45, 2.75) is 0 Å². The summed E-state index contributed by atoms with van der Waals surface area (Å²) >= 11 is 0. The second-order valence-corrected chi connectivity index (χ2v) is 0. The Balaban J connectivity index is -0.00000000762. The van der Waals surface area contributed by atoms with Crippen molar-refractivity contribution in [2.24, 2.45) is 0 Å². The number of rotatable bonds is 0. The van der Waals surface area contributed by atoms with Crippen molar-refractivity contribution in [3.8, 4) is 0 Å². The van der Waals surface area contributed by atoms with Gasteiger partial charge in [-0.1, -0.05) is 0 Å². The van der Waals surface area contributed by atoms with Crippen molar-refractivity contribution >= 4 is 0 Å². The summed E-state index contributed by atoms with van der Waals surface area (Å²) in [5.74, 6) is 0. The fraction of sp³-hybridized carbons (Fsp3) is 0. The van der Waals surface area contributed by atoms with E-state index in [1.165, 1.54) is 0 Å². The van der Waals surface area contributed by atoms with Crippen LogP contribution in [0, 0.1) is 47.3 Å². The van der Waals surface area contributed by atoms with E-state index in [0.717, 1.165) is 0 Å². The predicted molar refractivity (Wildman–Crippen MR) is 19.9 cm³/mol. The molecule has 0 unspecified atom stereocenters. The zero-order chi connectivity index (χ0) is 8.00. The van der Waals surface area contributed by atoms with Crippen LogP contribution in [0.4, 0.5) is 0 Å². The van der Waals surface area contributed by atoms with Gasteiger partial charge in [-0.15, -0.1) is 0 Å². The zero-order valence-electron chi connectivity index (χ0n) is 4.29. The molecular formula is C4HfN4. The van der Waals surface area contributed by atoms with Crippen LogP contribution in [0.3, 0.4) is 0 Å². The fourth-order valence-electron chi connectivity index (χ4n) is 0. The third-order valence-corrected chi connectivity index (χ3v) is 0. The molecule has 0 rings (SSSR count). The Morgan fingerprint density at radius 2 is 0.444 bits per heavy atom. The first kappa shape index (κ1) is 45.6. The van der Waals surface area contributed by atoms with E-state index < -0.39 is 0 Å². The van der Waals surface area contributed by atoms with Crippen LogP contribution in [0.5, 0.6) is 0 Å². The second kappa shape index (κ2) is 170. The minimum atomic E-state index is 0. The SMILES string of the molecule is [C-]#N.[C-]#N.[C-]#N.[C-]#N.[Hf+4]. The molecule has 0 fully saturated rings. The van der Waals surface area contributed by atoms with Gasteiger partial charge in [-0.3, -0.25) is 0 Å². The maximum atomic E-state index is 6.25. The predicted octanol–water partition coefficient (Wildman–Crippen LogP) is 0.383. The van der Waals surface area contributed by atoms with Gasteiger partial charge in [-0.05, 0) is 0 Å². The number of nitrogens with zero attached hydrogens (tertiary/aromatic N) is 4. The van der Waals surface area contributed by atoms with Crippen molar-refractivity contribution in [2.75, 3.05) is 0 Å². The molecule has 0 bridgehead atoms. The van der Waals surface area contributed by atoms with Gasteiger partial charge in [0.25, 0.3) is 0 Å². The average molecular weight is 283 g/mol. The summed E-state index contributed by atoms with van der Waals surface area (Å²) in [7, 11) is 0. The minimum absolute atomic E-state index is 0. The van der Waals surface area contributed by atoms with Crippen LogP contribution in [0.15, 0.2) is 0 Å². The van der Waals surface area contributed by atoms with Crippen molar-refractivity contribution in [3.63, 3.8) is 0 Å². The fourth-order valence-corrected chi connectivity index (χ4v) is 0. The molecule has 0 aromatic rings. The molecule has 0 heterocycles. The van der Waals surface area contributed by atoms with Crippen LogP contribution >= 0.6 is 0 Å². The number of hydrogen-bond acceptors (Lipinski definition) is 4. The molecule has 0 saturated heterocycles. The maximum absolute atomic E-state index is 6.25. The smallest absolute Gasteiger partial charge is 0.512 e. The zero-order valence-corrected chi connectivity index (χ0v) is 7.88. The van der Waals surface area contributed by atoms with E-state index in [9.17, 15) is 0 Å². The van der Waals surface area contributed by atoms with Gasteiger partial charge in [-0.25, -0.2) is 0 Å². The van der Waals surface area contributed by atoms with Gasteiger partial charge in [0, 0.05) is 0 Å². The normalized spacial score (nSPS) is 0.889. The molecule has 0 N–H and O–H groups in total. The van der Waals surface area contributed by atoms with Gasteiger partial charge in [0.05, 0.1) is 0 Å². The Hall–Kier alpha value is -1.17. The van der Waals surface area contributed by atoms with Gasteiger partial charge < -0.3 is 47.3 Å². The Morgan fingerprint density at radius 3 is 0.444 bits per heavy atom. The van der Waals surface area contributed by atoms with Gasteiger partial charge in [0.1, 0.15) is 0 Å². The molecule has 0 atom stereocenters. The Morgan fingerprint density at radius 1 is 0.444 bits per heavy atom. The summed E-state index contributed by atoms with van der Waals surface area (Å²) in [5.41, 5.74) is 0. The van der Waals surface area contributed by atoms with Gasteiger partial charge >= 0.3 is 25.8 Å². The van der Waals surface area contributed by atoms with Gasteiger partial charge in [0.2, 0.25) is 0 Å². The molecule has 0 amide bonds. The number of hydrogen-bond donors (Lipinski definition) is 0. The average Bonchev–Trinajstić information content (AvgIpc) is 2.03. The van der Waals surface area contributed by atoms with Crippen LogP contribution < -0.4 is 0 Å². The van der Waals surface area contributed by atoms with Crippen LogP contribution in [0.25, 0.3) is 0 Å². The van der Waals surface area contributed by atoms with Gasteiger partial charge in [-0.2, -0.15) is 0 Å². The molecule has 0 aromatic carbocycles. The molecule has 9 heavy (non-hydrogen) atoms. The van der Waals surface area contributed by atoms with E-state index >= 15 is 0 Å². The van der Waals surface area contributed by atoms with Crippen molar-refractivity contribution < 1.29 is 25.8 Å².